The molecule has 0 saturated carbocycles. The van der Waals surface area contributed by atoms with Crippen LogP contribution in [0.1, 0.15) is 60.8 Å². The molecule has 1 aliphatic rings. The van der Waals surface area contributed by atoms with Gasteiger partial charge in [0.25, 0.3) is 5.91 Å². The van der Waals surface area contributed by atoms with E-state index in [1.807, 2.05) is 27.7 Å². The van der Waals surface area contributed by atoms with Crippen LogP contribution in [0.15, 0.2) is 0 Å². The molecule has 1 heterocycles. The van der Waals surface area contributed by atoms with E-state index in [4.69, 9.17) is 11.8 Å². The molecule has 0 aromatic carbocycles. The summed E-state index contributed by atoms with van der Waals surface area (Å²) in [7, 11) is 0. The summed E-state index contributed by atoms with van der Waals surface area (Å²) in [4.78, 5) is 14.4. The Morgan fingerprint density at radius 3 is 2.22 bits per heavy atom. The van der Waals surface area contributed by atoms with Crippen molar-refractivity contribution in [3.05, 3.63) is 0 Å². The maximum absolute atomic E-state index is 12.2. The minimum absolute atomic E-state index is 0.00212. The van der Waals surface area contributed by atoms with Gasteiger partial charge in [0.15, 0.2) is 0 Å². The molecule has 4 heteroatoms. The standard InChI is InChI=1S/C14H27ClN2O/c1-7-11(2)9-8-10-16-13(3,4)12(18)17(15)14(16,5)6/h11H,7-10H2,1-6H3. The van der Waals surface area contributed by atoms with E-state index in [-0.39, 0.29) is 5.91 Å². The minimum Gasteiger partial charge on any atom is -0.271 e. The first kappa shape index (κ1) is 15.8. The highest BCUT2D eigenvalue weighted by molar-refractivity contribution is 6.23. The number of carbonyl (C=O) groups excluding carboxylic acids is 1. The van der Waals surface area contributed by atoms with Crippen LogP contribution in [0.3, 0.4) is 0 Å². The normalized spacial score (nSPS) is 24.6. The Kier molecular flexibility index (Phi) is 4.71. The summed E-state index contributed by atoms with van der Waals surface area (Å²) in [6.07, 6.45) is 3.53. The Morgan fingerprint density at radius 1 is 1.28 bits per heavy atom. The largest absolute Gasteiger partial charge is 0.271 e. The zero-order chi connectivity index (χ0) is 14.1. The summed E-state index contributed by atoms with van der Waals surface area (Å²) in [5.41, 5.74) is -0.904. The SMILES string of the molecule is CCC(C)CCCN1C(C)(C)C(=O)N(Cl)C1(C)C. The van der Waals surface area contributed by atoms with Crippen LogP contribution in [0.5, 0.6) is 0 Å². The summed E-state index contributed by atoms with van der Waals surface area (Å²) < 4.78 is 1.36. The van der Waals surface area contributed by atoms with Crippen LogP contribution in [0, 0.1) is 5.92 Å². The maximum atomic E-state index is 12.2. The highest BCUT2D eigenvalue weighted by Gasteiger charge is 2.55. The smallest absolute Gasteiger partial charge is 0.258 e. The second-order valence-electron chi connectivity index (χ2n) is 6.45. The fourth-order valence-electron chi connectivity index (χ4n) is 2.75. The van der Waals surface area contributed by atoms with Crippen LogP contribution in [-0.2, 0) is 4.79 Å². The summed E-state index contributed by atoms with van der Waals surface area (Å²) in [6.45, 7) is 13.4. The molecule has 0 aliphatic carbocycles. The molecule has 0 aromatic heterocycles. The van der Waals surface area contributed by atoms with E-state index in [9.17, 15) is 4.79 Å². The minimum atomic E-state index is -0.499. The Bertz CT molecular complexity index is 315. The van der Waals surface area contributed by atoms with Crippen molar-refractivity contribution in [1.82, 2.24) is 9.32 Å². The van der Waals surface area contributed by atoms with Gasteiger partial charge in [-0.15, -0.1) is 0 Å². The topological polar surface area (TPSA) is 23.6 Å². The third-order valence-electron chi connectivity index (χ3n) is 4.29. The van der Waals surface area contributed by atoms with Crippen molar-refractivity contribution in [1.29, 1.82) is 0 Å². The van der Waals surface area contributed by atoms with Gasteiger partial charge in [0.05, 0.1) is 5.54 Å². The maximum Gasteiger partial charge on any atom is 0.258 e. The van der Waals surface area contributed by atoms with Gasteiger partial charge in [-0.2, -0.15) is 0 Å². The summed E-state index contributed by atoms with van der Waals surface area (Å²) in [6, 6.07) is 0. The molecule has 106 valence electrons. The third-order valence-corrected chi connectivity index (χ3v) is 4.86. The first-order valence-electron chi connectivity index (χ1n) is 6.93. The van der Waals surface area contributed by atoms with Crippen LogP contribution in [0.4, 0.5) is 0 Å². The molecule has 0 aromatic rings. The van der Waals surface area contributed by atoms with Crippen molar-refractivity contribution in [2.45, 2.75) is 72.0 Å². The van der Waals surface area contributed by atoms with Crippen molar-refractivity contribution in [3.63, 3.8) is 0 Å². The van der Waals surface area contributed by atoms with Crippen molar-refractivity contribution in [2.75, 3.05) is 6.54 Å². The number of carbonyl (C=O) groups is 1. The van der Waals surface area contributed by atoms with Crippen LogP contribution in [0.2, 0.25) is 0 Å². The second-order valence-corrected chi connectivity index (χ2v) is 6.78. The van der Waals surface area contributed by atoms with E-state index in [1.165, 1.54) is 17.3 Å². The number of halogens is 1. The Morgan fingerprint density at radius 2 is 1.83 bits per heavy atom. The lowest BCUT2D eigenvalue weighted by atomic mass is 9.99. The second kappa shape index (κ2) is 5.38. The van der Waals surface area contributed by atoms with Crippen LogP contribution >= 0.6 is 11.8 Å². The summed E-state index contributed by atoms with van der Waals surface area (Å²) in [5.74, 6) is 0.749. The predicted molar refractivity (Wildman–Crippen MR) is 76.3 cm³/mol. The highest BCUT2D eigenvalue weighted by atomic mass is 35.5. The Balaban J connectivity index is 2.71. The van der Waals surface area contributed by atoms with Gasteiger partial charge in [-0.05, 0) is 46.5 Å². The van der Waals surface area contributed by atoms with Gasteiger partial charge in [-0.1, -0.05) is 20.3 Å². The Labute approximate surface area is 117 Å². The molecule has 1 saturated heterocycles. The quantitative estimate of drug-likeness (QED) is 0.715. The lowest BCUT2D eigenvalue weighted by Crippen LogP contribution is -2.51. The van der Waals surface area contributed by atoms with E-state index in [2.05, 4.69) is 18.7 Å². The fourth-order valence-corrected chi connectivity index (χ4v) is 3.05. The van der Waals surface area contributed by atoms with Gasteiger partial charge >= 0.3 is 0 Å². The van der Waals surface area contributed by atoms with Crippen molar-refractivity contribution < 1.29 is 4.79 Å². The summed E-state index contributed by atoms with van der Waals surface area (Å²) in [5, 5.41) is 0. The molecule has 1 amide bonds. The number of rotatable bonds is 5. The number of hydrogen-bond acceptors (Lipinski definition) is 2. The number of amides is 1. The average molecular weight is 275 g/mol. The Hall–Kier alpha value is -0.280. The van der Waals surface area contributed by atoms with Crippen molar-refractivity contribution >= 4 is 17.7 Å². The molecule has 0 N–H and O–H groups in total. The van der Waals surface area contributed by atoms with Crippen molar-refractivity contribution in [2.24, 2.45) is 5.92 Å². The molecule has 1 rings (SSSR count). The lowest BCUT2D eigenvalue weighted by molar-refractivity contribution is -0.129. The zero-order valence-electron chi connectivity index (χ0n) is 12.6. The molecular formula is C14H27ClN2O. The monoisotopic (exact) mass is 274 g/mol. The number of hydrogen-bond donors (Lipinski definition) is 0. The van der Waals surface area contributed by atoms with E-state index in [1.54, 1.807) is 0 Å². The van der Waals surface area contributed by atoms with Crippen LogP contribution in [-0.4, -0.2) is 33.0 Å². The van der Waals surface area contributed by atoms with E-state index < -0.39 is 11.2 Å². The zero-order valence-corrected chi connectivity index (χ0v) is 13.3. The van der Waals surface area contributed by atoms with E-state index in [0.717, 1.165) is 18.9 Å². The van der Waals surface area contributed by atoms with Gasteiger partial charge < -0.3 is 0 Å². The van der Waals surface area contributed by atoms with Crippen LogP contribution < -0.4 is 0 Å². The van der Waals surface area contributed by atoms with Gasteiger partial charge in [0.1, 0.15) is 5.66 Å². The molecular weight excluding hydrogens is 248 g/mol. The van der Waals surface area contributed by atoms with Crippen LogP contribution in [0.25, 0.3) is 0 Å². The average Bonchev–Trinajstić information content (AvgIpc) is 2.40. The molecule has 18 heavy (non-hydrogen) atoms. The van der Waals surface area contributed by atoms with Crippen molar-refractivity contribution in [3.8, 4) is 0 Å². The molecule has 1 atom stereocenters. The molecule has 1 fully saturated rings. The van der Waals surface area contributed by atoms with Gasteiger partial charge in [-0.3, -0.25) is 9.69 Å². The number of nitrogens with zero attached hydrogens (tertiary/aromatic N) is 2. The first-order valence-corrected chi connectivity index (χ1v) is 7.27. The first-order chi connectivity index (χ1) is 8.15. The highest BCUT2D eigenvalue weighted by Crippen LogP contribution is 2.39. The molecule has 3 nitrogen and oxygen atoms in total. The van der Waals surface area contributed by atoms with E-state index in [0.29, 0.717) is 0 Å². The molecule has 0 bridgehead atoms. The fraction of sp³-hybridized carbons (Fsp3) is 0.929. The van der Waals surface area contributed by atoms with Gasteiger partial charge in [-0.25, -0.2) is 4.42 Å². The molecule has 0 radical (unpaired) electrons. The molecule has 1 aliphatic heterocycles. The van der Waals surface area contributed by atoms with Gasteiger partial charge in [0.2, 0.25) is 0 Å². The lowest BCUT2D eigenvalue weighted by Gasteiger charge is -2.38. The van der Waals surface area contributed by atoms with E-state index >= 15 is 0 Å². The predicted octanol–water partition coefficient (Wildman–Crippen LogP) is 3.63. The van der Waals surface area contributed by atoms with Gasteiger partial charge in [0, 0.05) is 18.3 Å². The molecule has 0 spiro atoms. The molecule has 1 unspecified atom stereocenters. The summed E-state index contributed by atoms with van der Waals surface area (Å²) >= 11 is 6.14. The third kappa shape index (κ3) is 2.67.